The van der Waals surface area contributed by atoms with E-state index in [1.165, 1.54) is 38.3 Å². The number of aliphatic imine (C=N–C) groups is 1. The number of nitrogens with zero attached hydrogens (tertiary/aromatic N) is 15. The number of ether oxygens (including phenoxy) is 5. The van der Waals surface area contributed by atoms with Crippen LogP contribution in [0.2, 0.25) is 0 Å². The molecule has 0 bridgehead atoms. The van der Waals surface area contributed by atoms with Crippen molar-refractivity contribution in [1.82, 2.24) is 65.0 Å². The minimum Gasteiger partial charge on any atom is -0.497 e. The number of hydrogen-bond acceptors (Lipinski definition) is 21. The normalized spacial score (nSPS) is 14.6. The summed E-state index contributed by atoms with van der Waals surface area (Å²) < 4.78 is 45.6. The van der Waals surface area contributed by atoms with E-state index in [0.717, 1.165) is 147 Å². The van der Waals surface area contributed by atoms with Gasteiger partial charge in [0.05, 0.1) is 122 Å². The van der Waals surface area contributed by atoms with E-state index in [2.05, 4.69) is 112 Å². The summed E-state index contributed by atoms with van der Waals surface area (Å²) in [6, 6.07) is 34.8. The van der Waals surface area contributed by atoms with Gasteiger partial charge in [-0.05, 0) is 112 Å². The van der Waals surface area contributed by atoms with Crippen LogP contribution in [0.4, 0.5) is 38.5 Å². The topological polar surface area (TPSA) is 252 Å². The molecule has 1 saturated heterocycles. The first kappa shape index (κ1) is 73.1. The van der Waals surface area contributed by atoms with Crippen molar-refractivity contribution in [2.75, 3.05) is 103 Å². The molecule has 13 rings (SSSR count). The zero-order chi connectivity index (χ0) is 72.7. The summed E-state index contributed by atoms with van der Waals surface area (Å²) >= 11 is 0. The molecule has 0 radical (unpaired) electrons. The Morgan fingerprint density at radius 2 is 1.13 bits per heavy atom. The van der Waals surface area contributed by atoms with E-state index >= 15 is 0 Å². The second kappa shape index (κ2) is 34.0. The van der Waals surface area contributed by atoms with Crippen molar-refractivity contribution in [2.24, 2.45) is 30.7 Å². The van der Waals surface area contributed by atoms with Crippen molar-refractivity contribution < 1.29 is 32.9 Å². The highest BCUT2D eigenvalue weighted by Crippen LogP contribution is 2.39. The molecule has 2 atom stereocenters. The minimum absolute atomic E-state index is 0.146. The van der Waals surface area contributed by atoms with E-state index in [-0.39, 0.29) is 23.9 Å². The number of morpholine rings is 1. The van der Waals surface area contributed by atoms with E-state index in [9.17, 15) is 9.18 Å². The highest BCUT2D eigenvalue weighted by molar-refractivity contribution is 6.09. The first-order valence-corrected chi connectivity index (χ1v) is 34.5. The quantitative estimate of drug-likeness (QED) is 0.0450. The lowest BCUT2D eigenvalue weighted by molar-refractivity contribution is -0.0679. The largest absolute Gasteiger partial charge is 0.497 e. The fraction of sp³-hybridized carbons (Fsp3) is 0.333. The number of anilines is 6. The fourth-order valence-corrected chi connectivity index (χ4v) is 12.4. The maximum atomic E-state index is 14.3. The molecule has 11 aromatic rings. The van der Waals surface area contributed by atoms with Gasteiger partial charge >= 0.3 is 0 Å². The zero-order valence-corrected chi connectivity index (χ0v) is 60.6. The highest BCUT2D eigenvalue weighted by atomic mass is 19.1. The van der Waals surface area contributed by atoms with Crippen LogP contribution in [-0.4, -0.2) is 173 Å². The molecule has 25 heteroatoms. The molecule has 1 amide bonds. The van der Waals surface area contributed by atoms with Crippen molar-refractivity contribution in [3.8, 4) is 45.5 Å². The van der Waals surface area contributed by atoms with E-state index in [4.69, 9.17) is 44.4 Å². The van der Waals surface area contributed by atoms with Crippen LogP contribution in [0.15, 0.2) is 164 Å². The van der Waals surface area contributed by atoms with Gasteiger partial charge in [0.1, 0.15) is 28.8 Å². The summed E-state index contributed by atoms with van der Waals surface area (Å²) in [5.41, 5.74) is 21.4. The third-order valence-electron chi connectivity index (χ3n) is 17.6. The SMILES string of the molecule is CN=CC(=CN)c1cnc2ccc(N(CCCN3C[C@@H](C)O[C@@H](C)C3)c3cc(OC)cc(OC)c3)cc2n1.CNC(=O)c1cc(OC)cc(N(CC2CC2)c2ccc3ncc(-c4cnn(C)c4)nc3c2)c1.COc1cc(F)cc(N(CCNC(C)C)c2ccc3ncc(-c4cnn(C)c4)nc3c2)c1. The van der Waals surface area contributed by atoms with Crippen LogP contribution in [0, 0.1) is 11.7 Å². The molecule has 2 aliphatic rings. The van der Waals surface area contributed by atoms with Gasteiger partial charge in [-0.3, -0.25) is 39.0 Å². The standard InChI is InChI=1S/C29H38N6O3.C25H26N6O2.C24H27FN6O/c1-20-18-34(19-21(2)38-20)9-6-10-35(24-11-25(36-4)14-26(12-24)37-5)23-7-8-27-28(13-23)33-29(17-32-27)22(15-30)16-31-3;1-26-25(32)17-8-20(10-21(9-17)33-3)31(14-16-4-5-16)19-6-7-22-23(11-19)29-24(13-27-22)18-12-28-30(2)15-18;1-16(2)26-7-8-31(20-9-18(25)10-21(11-20)32-4)19-5-6-22-23(12-19)29-24(14-27-22)17-13-28-30(3)15-17/h7-8,11-17,20-21H,6,9-10,18-19,30H2,1-5H3;6-13,15-16H,4-5,14H2,1-3H3,(H,26,32);5-6,9-16,26H,7-8H2,1-4H3/t20-,21+;;. The average molecular weight is 1400 g/mol. The Kier molecular flexibility index (Phi) is 24.1. The number of aryl methyl sites for hydroxylation is 2. The molecule has 0 unspecified atom stereocenters. The first-order valence-electron chi connectivity index (χ1n) is 34.5. The predicted molar refractivity (Wildman–Crippen MR) is 406 cm³/mol. The molecule has 1 aliphatic heterocycles. The number of fused-ring (bicyclic) bond motifs is 3. The van der Waals surface area contributed by atoms with Crippen LogP contribution >= 0.6 is 0 Å². The van der Waals surface area contributed by atoms with Crippen molar-refractivity contribution in [2.45, 2.75) is 65.2 Å². The molecule has 5 aromatic heterocycles. The second-order valence-electron chi connectivity index (χ2n) is 25.9. The van der Waals surface area contributed by atoms with Crippen LogP contribution < -0.4 is 50.0 Å². The van der Waals surface area contributed by atoms with Gasteiger partial charge in [0, 0.05) is 198 Å². The Morgan fingerprint density at radius 3 is 1.62 bits per heavy atom. The number of nitrogens with one attached hydrogen (secondary N) is 2. The Bertz CT molecular complexity index is 4760. The van der Waals surface area contributed by atoms with Gasteiger partial charge in [-0.1, -0.05) is 13.8 Å². The van der Waals surface area contributed by atoms with Crippen molar-refractivity contribution >= 4 is 84.9 Å². The summed E-state index contributed by atoms with van der Waals surface area (Å²) in [6.45, 7) is 14.4. The average Bonchev–Trinajstić information content (AvgIpc) is 1.67. The summed E-state index contributed by atoms with van der Waals surface area (Å²) in [5.74, 6) is 2.72. The molecule has 0 spiro atoms. The van der Waals surface area contributed by atoms with E-state index < -0.39 is 0 Å². The summed E-state index contributed by atoms with van der Waals surface area (Å²) in [6.07, 6.45) is 19.7. The van der Waals surface area contributed by atoms with Crippen LogP contribution in [0.1, 0.15) is 63.0 Å². The zero-order valence-electron chi connectivity index (χ0n) is 60.6. The summed E-state index contributed by atoms with van der Waals surface area (Å²) in [4.78, 5) is 53.7. The van der Waals surface area contributed by atoms with E-state index in [1.807, 2.05) is 93.2 Å². The fourth-order valence-electron chi connectivity index (χ4n) is 12.4. The number of benzene rings is 6. The van der Waals surface area contributed by atoms with Crippen LogP contribution in [0.3, 0.4) is 0 Å². The number of hydrogen-bond donors (Lipinski definition) is 3. The third kappa shape index (κ3) is 18.9. The van der Waals surface area contributed by atoms with Crippen molar-refractivity contribution in [1.29, 1.82) is 0 Å². The van der Waals surface area contributed by atoms with Gasteiger partial charge in [-0.15, -0.1) is 0 Å². The number of nitrogens with two attached hydrogens (primary N) is 1. The Balaban J connectivity index is 0.000000156. The highest BCUT2D eigenvalue weighted by Gasteiger charge is 2.28. The van der Waals surface area contributed by atoms with E-state index in [1.54, 1.807) is 88.1 Å². The number of rotatable bonds is 25. The molecule has 6 heterocycles. The molecular formula is C78H91FN18O6. The summed E-state index contributed by atoms with van der Waals surface area (Å²) in [7, 11) is 13.6. The predicted octanol–water partition coefficient (Wildman–Crippen LogP) is 12.5. The maximum Gasteiger partial charge on any atom is 0.251 e. The smallest absolute Gasteiger partial charge is 0.251 e. The summed E-state index contributed by atoms with van der Waals surface area (Å²) in [5, 5.41) is 14.6. The van der Waals surface area contributed by atoms with Crippen LogP contribution in [0.5, 0.6) is 23.0 Å². The Morgan fingerprint density at radius 1 is 0.631 bits per heavy atom. The van der Waals surface area contributed by atoms with Crippen LogP contribution in [-0.2, 0) is 18.8 Å². The molecule has 1 saturated carbocycles. The number of amides is 1. The second-order valence-corrected chi connectivity index (χ2v) is 25.9. The van der Waals surface area contributed by atoms with Gasteiger partial charge in [0.15, 0.2) is 0 Å². The van der Waals surface area contributed by atoms with Gasteiger partial charge in [0.25, 0.3) is 5.91 Å². The number of aromatic nitrogens is 10. The number of allylic oxidation sites excluding steroid dienone is 1. The van der Waals surface area contributed by atoms with Gasteiger partial charge in [-0.2, -0.15) is 10.2 Å². The van der Waals surface area contributed by atoms with E-state index in [0.29, 0.717) is 46.9 Å². The monoisotopic (exact) mass is 1390 g/mol. The van der Waals surface area contributed by atoms with Gasteiger partial charge in [-0.25, -0.2) is 19.3 Å². The van der Waals surface area contributed by atoms with Gasteiger partial charge < -0.3 is 54.8 Å². The lowest BCUT2D eigenvalue weighted by Crippen LogP contribution is -2.46. The third-order valence-corrected chi connectivity index (χ3v) is 17.6. The lowest BCUT2D eigenvalue weighted by Gasteiger charge is -2.36. The number of halogens is 1. The number of carbonyl (C=O) groups excluding carboxylic acids is 1. The lowest BCUT2D eigenvalue weighted by atomic mass is 10.1. The molecule has 2 fully saturated rings. The molecule has 1 aliphatic carbocycles. The molecule has 4 N–H and O–H groups in total. The van der Waals surface area contributed by atoms with Gasteiger partial charge in [0.2, 0.25) is 0 Å². The molecular weight excluding hydrogens is 1300 g/mol. The molecule has 536 valence electrons. The first-order chi connectivity index (χ1) is 49.9. The Hall–Kier alpha value is -11.2. The number of carbonyl (C=O) groups is 1. The van der Waals surface area contributed by atoms with Crippen molar-refractivity contribution in [3.05, 3.63) is 176 Å². The van der Waals surface area contributed by atoms with Crippen LogP contribution in [0.25, 0.3) is 61.2 Å². The molecule has 24 nitrogen and oxygen atoms in total. The Labute approximate surface area is 600 Å². The minimum atomic E-state index is -0.347. The maximum absolute atomic E-state index is 14.3. The molecule has 103 heavy (non-hydrogen) atoms. The molecule has 6 aromatic carbocycles. The number of methoxy groups -OCH3 is 4. The van der Waals surface area contributed by atoms with Crippen molar-refractivity contribution in [3.63, 3.8) is 0 Å².